The van der Waals surface area contributed by atoms with Crippen LogP contribution in [0.3, 0.4) is 0 Å². The van der Waals surface area contributed by atoms with Gasteiger partial charge in [-0.3, -0.25) is 4.90 Å². The summed E-state index contributed by atoms with van der Waals surface area (Å²) in [6.07, 6.45) is 7.78. The molecule has 6 heteroatoms. The molecule has 1 aromatic heterocycles. The lowest BCUT2D eigenvalue weighted by molar-refractivity contribution is -0.0321. The Balaban J connectivity index is 1.87. The molecular weight excluding hydrogens is 266 g/mol. The minimum Gasteiger partial charge on any atom is -0.379 e. The molecule has 0 amide bonds. The Bertz CT molecular complexity index is 449. The van der Waals surface area contributed by atoms with E-state index in [-0.39, 0.29) is 11.6 Å². The summed E-state index contributed by atoms with van der Waals surface area (Å²) in [4.78, 5) is 2.57. The van der Waals surface area contributed by atoms with Gasteiger partial charge in [0.05, 0.1) is 31.1 Å². The van der Waals surface area contributed by atoms with Gasteiger partial charge in [-0.1, -0.05) is 25.0 Å². The summed E-state index contributed by atoms with van der Waals surface area (Å²) in [7, 11) is 0. The van der Waals surface area contributed by atoms with Gasteiger partial charge in [0.15, 0.2) is 0 Å². The van der Waals surface area contributed by atoms with Gasteiger partial charge in [0.2, 0.25) is 0 Å². The van der Waals surface area contributed by atoms with E-state index in [2.05, 4.69) is 22.1 Å². The number of rotatable bonds is 5. The van der Waals surface area contributed by atoms with E-state index in [1.54, 1.807) is 0 Å². The van der Waals surface area contributed by atoms with E-state index in [4.69, 9.17) is 10.5 Å². The number of morpholine rings is 1. The van der Waals surface area contributed by atoms with Crippen LogP contribution in [0.5, 0.6) is 0 Å². The maximum absolute atomic E-state index is 6.76. The summed E-state index contributed by atoms with van der Waals surface area (Å²) in [6, 6.07) is -0.0142. The molecule has 1 aliphatic heterocycles. The Morgan fingerprint density at radius 1 is 1.33 bits per heavy atom. The molecule has 2 heterocycles. The van der Waals surface area contributed by atoms with Gasteiger partial charge >= 0.3 is 0 Å². The highest BCUT2D eigenvalue weighted by atomic mass is 16.5. The Morgan fingerprint density at radius 2 is 2.05 bits per heavy atom. The van der Waals surface area contributed by atoms with Gasteiger partial charge in [0.25, 0.3) is 0 Å². The molecule has 3 rings (SSSR count). The van der Waals surface area contributed by atoms with Crippen molar-refractivity contribution in [2.45, 2.75) is 57.2 Å². The van der Waals surface area contributed by atoms with Gasteiger partial charge < -0.3 is 10.5 Å². The first-order valence-electron chi connectivity index (χ1n) is 8.25. The number of nitrogens with two attached hydrogens (primary N) is 1. The Morgan fingerprint density at radius 3 is 2.71 bits per heavy atom. The Hall–Kier alpha value is -0.980. The number of nitrogens with zero attached hydrogens (tertiary/aromatic N) is 4. The van der Waals surface area contributed by atoms with Gasteiger partial charge in [-0.05, 0) is 19.3 Å². The van der Waals surface area contributed by atoms with Crippen LogP contribution in [0.1, 0.15) is 50.8 Å². The van der Waals surface area contributed by atoms with Gasteiger partial charge in [0.1, 0.15) is 0 Å². The number of hydrogen-bond donors (Lipinski definition) is 1. The first-order chi connectivity index (χ1) is 10.3. The summed E-state index contributed by atoms with van der Waals surface area (Å²) < 4.78 is 7.52. The molecule has 1 unspecified atom stereocenters. The van der Waals surface area contributed by atoms with Crippen molar-refractivity contribution in [1.82, 2.24) is 19.9 Å². The molecular formula is C15H27N5O. The molecule has 0 aromatic carbocycles. The zero-order chi connectivity index (χ0) is 14.7. The highest BCUT2D eigenvalue weighted by Crippen LogP contribution is 2.43. The number of ether oxygens (including phenoxy) is 1. The second-order valence-corrected chi connectivity index (χ2v) is 6.27. The lowest BCUT2D eigenvalue weighted by atomic mass is 9.84. The zero-order valence-corrected chi connectivity index (χ0v) is 13.0. The lowest BCUT2D eigenvalue weighted by Gasteiger charge is -2.46. The van der Waals surface area contributed by atoms with E-state index in [0.717, 1.165) is 45.0 Å². The number of hydrogen-bond acceptors (Lipinski definition) is 5. The van der Waals surface area contributed by atoms with Gasteiger partial charge in [-0.25, -0.2) is 4.68 Å². The summed E-state index contributed by atoms with van der Waals surface area (Å²) in [5, 5.41) is 8.32. The van der Waals surface area contributed by atoms with Gasteiger partial charge in [-0.15, -0.1) is 5.10 Å². The molecule has 2 N–H and O–H groups in total. The maximum Gasteiger partial charge on any atom is 0.0773 e. The first kappa shape index (κ1) is 14.9. The largest absolute Gasteiger partial charge is 0.379 e. The topological polar surface area (TPSA) is 69.2 Å². The van der Waals surface area contributed by atoms with Crippen LogP contribution >= 0.6 is 0 Å². The molecule has 118 valence electrons. The molecule has 1 atom stereocenters. The number of aryl methyl sites for hydroxylation is 1. The van der Waals surface area contributed by atoms with Crippen LogP contribution in [-0.4, -0.2) is 51.7 Å². The predicted molar refractivity (Wildman–Crippen MR) is 80.8 cm³/mol. The molecule has 6 nitrogen and oxygen atoms in total. The molecule has 2 aliphatic rings. The predicted octanol–water partition coefficient (Wildman–Crippen LogP) is 1.33. The normalized spacial score (nSPS) is 24.3. The quantitative estimate of drug-likeness (QED) is 0.887. The SMILES string of the molecule is CCCn1nncc1C(N)C1(N2CCOCC2)CCCC1. The number of aromatic nitrogens is 3. The van der Waals surface area contributed by atoms with E-state index in [1.807, 2.05) is 10.9 Å². The van der Waals surface area contributed by atoms with Crippen molar-refractivity contribution in [2.75, 3.05) is 26.3 Å². The van der Waals surface area contributed by atoms with Crippen LogP contribution in [0.15, 0.2) is 6.20 Å². The van der Waals surface area contributed by atoms with Crippen molar-refractivity contribution in [2.24, 2.45) is 5.73 Å². The fourth-order valence-corrected chi connectivity index (χ4v) is 3.99. The Kier molecular flexibility index (Phi) is 4.57. The van der Waals surface area contributed by atoms with Crippen molar-refractivity contribution >= 4 is 0 Å². The van der Waals surface area contributed by atoms with Crippen molar-refractivity contribution in [3.8, 4) is 0 Å². The molecule has 0 bridgehead atoms. The molecule has 2 fully saturated rings. The van der Waals surface area contributed by atoms with Crippen LogP contribution < -0.4 is 5.73 Å². The summed E-state index contributed by atoms with van der Waals surface area (Å²) in [5.41, 5.74) is 7.91. The Labute approximate surface area is 126 Å². The molecule has 0 spiro atoms. The van der Waals surface area contributed by atoms with Crippen LogP contribution in [0.2, 0.25) is 0 Å². The standard InChI is InChI=1S/C15H27N5O/c1-2-7-20-13(12-17-18-20)14(16)15(5-3-4-6-15)19-8-10-21-11-9-19/h12,14H,2-11,16H2,1H3. The molecule has 0 radical (unpaired) electrons. The highest BCUT2D eigenvalue weighted by Gasteiger charge is 2.46. The van der Waals surface area contributed by atoms with Crippen molar-refractivity contribution in [3.63, 3.8) is 0 Å². The molecule has 21 heavy (non-hydrogen) atoms. The minimum absolute atomic E-state index is 0.0142. The van der Waals surface area contributed by atoms with Crippen molar-refractivity contribution < 1.29 is 4.74 Å². The van der Waals surface area contributed by atoms with E-state index < -0.39 is 0 Å². The average Bonchev–Trinajstić information content (AvgIpc) is 3.18. The average molecular weight is 293 g/mol. The molecule has 1 saturated heterocycles. The fourth-order valence-electron chi connectivity index (χ4n) is 3.99. The van der Waals surface area contributed by atoms with Crippen LogP contribution in [-0.2, 0) is 11.3 Å². The minimum atomic E-state index is -0.0142. The summed E-state index contributed by atoms with van der Waals surface area (Å²) in [6.45, 7) is 6.67. The van der Waals surface area contributed by atoms with E-state index in [0.29, 0.717) is 0 Å². The lowest BCUT2D eigenvalue weighted by Crippen LogP contribution is -2.57. The van der Waals surface area contributed by atoms with E-state index >= 15 is 0 Å². The fraction of sp³-hybridized carbons (Fsp3) is 0.867. The summed E-state index contributed by atoms with van der Waals surface area (Å²) in [5.74, 6) is 0. The third kappa shape index (κ3) is 2.72. The highest BCUT2D eigenvalue weighted by molar-refractivity contribution is 5.14. The van der Waals surface area contributed by atoms with Crippen molar-refractivity contribution in [3.05, 3.63) is 11.9 Å². The second-order valence-electron chi connectivity index (χ2n) is 6.27. The van der Waals surface area contributed by atoms with Crippen LogP contribution in [0.25, 0.3) is 0 Å². The van der Waals surface area contributed by atoms with Crippen molar-refractivity contribution in [1.29, 1.82) is 0 Å². The molecule has 1 saturated carbocycles. The maximum atomic E-state index is 6.76. The second kappa shape index (κ2) is 6.42. The first-order valence-corrected chi connectivity index (χ1v) is 8.25. The van der Waals surface area contributed by atoms with Gasteiger partial charge in [0, 0.05) is 25.2 Å². The molecule has 1 aliphatic carbocycles. The smallest absolute Gasteiger partial charge is 0.0773 e. The zero-order valence-electron chi connectivity index (χ0n) is 13.0. The van der Waals surface area contributed by atoms with Gasteiger partial charge in [-0.2, -0.15) is 0 Å². The monoisotopic (exact) mass is 293 g/mol. The summed E-state index contributed by atoms with van der Waals surface area (Å²) >= 11 is 0. The third-order valence-electron chi connectivity index (χ3n) is 5.09. The third-order valence-corrected chi connectivity index (χ3v) is 5.09. The van der Waals surface area contributed by atoms with E-state index in [1.165, 1.54) is 25.7 Å². The van der Waals surface area contributed by atoms with Crippen LogP contribution in [0, 0.1) is 0 Å². The van der Waals surface area contributed by atoms with E-state index in [9.17, 15) is 0 Å². The van der Waals surface area contributed by atoms with Crippen LogP contribution in [0.4, 0.5) is 0 Å². The molecule has 1 aromatic rings.